The Labute approximate surface area is 258 Å². The van der Waals surface area contributed by atoms with Gasteiger partial charge in [-0.3, -0.25) is 14.6 Å². The van der Waals surface area contributed by atoms with Crippen LogP contribution in [-0.4, -0.2) is 82.1 Å². The highest BCUT2D eigenvalue weighted by Crippen LogP contribution is 2.39. The Bertz CT molecular complexity index is 1340. The maximum atomic E-state index is 13.9. The van der Waals surface area contributed by atoms with Gasteiger partial charge in [0.1, 0.15) is 11.1 Å². The molecule has 2 fully saturated rings. The van der Waals surface area contributed by atoms with Crippen molar-refractivity contribution in [2.45, 2.75) is 89.1 Å². The maximum Gasteiger partial charge on any atom is 0.389 e. The van der Waals surface area contributed by atoms with Gasteiger partial charge in [-0.15, -0.1) is 0 Å². The van der Waals surface area contributed by atoms with Gasteiger partial charge in [0.25, 0.3) is 5.91 Å². The lowest BCUT2D eigenvalue weighted by Crippen LogP contribution is -2.61. The van der Waals surface area contributed by atoms with Gasteiger partial charge in [0.05, 0.1) is 12.4 Å². The molecule has 9 nitrogen and oxygen atoms in total. The SMILES string of the molecule is COCCN(C(C)=O)c1cc(C)c(CCS(=O)(=O)C2CNCCC23N=C(C2CCC(CCC(F)(F)F)CC2)NC3=O)c(C)c1. The number of aryl methyl sites for hydroxylation is 2. The Morgan fingerprint density at radius 1 is 1.16 bits per heavy atom. The first-order valence-electron chi connectivity index (χ1n) is 15.4. The largest absolute Gasteiger partial charge is 0.389 e. The average Bonchev–Trinajstić information content (AvgIpc) is 3.26. The number of amidine groups is 1. The van der Waals surface area contributed by atoms with E-state index >= 15 is 0 Å². The molecule has 4 rings (SSSR count). The number of anilines is 1. The van der Waals surface area contributed by atoms with E-state index in [-0.39, 0.29) is 49.3 Å². The molecule has 1 saturated heterocycles. The number of methoxy groups -OCH3 is 1. The number of alkyl halides is 3. The van der Waals surface area contributed by atoms with Crippen molar-refractivity contribution < 1.29 is 35.9 Å². The summed E-state index contributed by atoms with van der Waals surface area (Å²) in [4.78, 5) is 32.2. The minimum atomic E-state index is -4.16. The number of piperidine rings is 1. The Balaban J connectivity index is 1.48. The van der Waals surface area contributed by atoms with Crippen molar-refractivity contribution in [3.63, 3.8) is 0 Å². The van der Waals surface area contributed by atoms with Crippen LogP contribution >= 0.6 is 0 Å². The maximum absolute atomic E-state index is 13.9. The zero-order valence-electron chi connectivity index (χ0n) is 26.1. The van der Waals surface area contributed by atoms with E-state index in [4.69, 9.17) is 9.73 Å². The Kier molecular flexibility index (Phi) is 10.8. The standard InChI is InChI=1S/C31H45F3N4O5S/c1-20-17-25(38(22(3)39)14-15-43-4)18-21(2)26(20)10-16-44(41,42)27-19-35-13-12-30(27)29(40)36-28(37-30)24-7-5-23(6-8-24)9-11-31(32,33)34/h17-18,23-24,27,35H,5-16,19H2,1-4H3,(H,36,37,40). The molecule has 13 heteroatoms. The van der Waals surface area contributed by atoms with Gasteiger partial charge < -0.3 is 20.3 Å². The van der Waals surface area contributed by atoms with Crippen molar-refractivity contribution in [1.82, 2.24) is 10.6 Å². The van der Waals surface area contributed by atoms with Crippen molar-refractivity contribution in [3.05, 3.63) is 28.8 Å². The quantitative estimate of drug-likeness (QED) is 0.377. The van der Waals surface area contributed by atoms with Crippen LogP contribution < -0.4 is 15.5 Å². The Hall–Kier alpha value is -2.51. The smallest absolute Gasteiger partial charge is 0.383 e. The van der Waals surface area contributed by atoms with Crippen LogP contribution in [-0.2, 0) is 30.6 Å². The predicted octanol–water partition coefficient (Wildman–Crippen LogP) is 4.04. The summed E-state index contributed by atoms with van der Waals surface area (Å²) in [7, 11) is -2.22. The first-order valence-corrected chi connectivity index (χ1v) is 17.2. The summed E-state index contributed by atoms with van der Waals surface area (Å²) in [6, 6.07) is 3.77. The minimum Gasteiger partial charge on any atom is -0.383 e. The number of aliphatic imine (C=N–C) groups is 1. The van der Waals surface area contributed by atoms with Crippen LogP contribution in [0.2, 0.25) is 0 Å². The fourth-order valence-electron chi connectivity index (χ4n) is 7.02. The molecule has 44 heavy (non-hydrogen) atoms. The summed E-state index contributed by atoms with van der Waals surface area (Å²) >= 11 is 0. The highest BCUT2D eigenvalue weighted by atomic mass is 32.2. The Morgan fingerprint density at radius 2 is 1.82 bits per heavy atom. The molecular weight excluding hydrogens is 597 g/mol. The van der Waals surface area contributed by atoms with Gasteiger partial charge in [0.15, 0.2) is 15.4 Å². The van der Waals surface area contributed by atoms with Gasteiger partial charge in [-0.05, 0) is 100 Å². The number of amides is 2. The Morgan fingerprint density at radius 3 is 2.41 bits per heavy atom. The molecule has 3 aliphatic rings. The highest BCUT2D eigenvalue weighted by molar-refractivity contribution is 7.92. The van der Waals surface area contributed by atoms with Crippen LogP contribution in [0.4, 0.5) is 18.9 Å². The van der Waals surface area contributed by atoms with E-state index in [1.807, 2.05) is 26.0 Å². The molecule has 2 heterocycles. The number of ether oxygens (including phenoxy) is 1. The van der Waals surface area contributed by atoms with Gasteiger partial charge in [-0.2, -0.15) is 13.2 Å². The van der Waals surface area contributed by atoms with Crippen LogP contribution in [0.5, 0.6) is 0 Å². The predicted molar refractivity (Wildman–Crippen MR) is 164 cm³/mol. The van der Waals surface area contributed by atoms with Crippen molar-refractivity contribution in [2.75, 3.05) is 44.0 Å². The summed E-state index contributed by atoms with van der Waals surface area (Å²) in [5.41, 5.74) is 1.95. The summed E-state index contributed by atoms with van der Waals surface area (Å²) in [6.07, 6.45) is -1.85. The molecule has 2 unspecified atom stereocenters. The van der Waals surface area contributed by atoms with Gasteiger partial charge >= 0.3 is 6.18 Å². The van der Waals surface area contributed by atoms with Crippen LogP contribution in [0.25, 0.3) is 0 Å². The van der Waals surface area contributed by atoms with Gasteiger partial charge in [0.2, 0.25) is 5.91 Å². The first-order chi connectivity index (χ1) is 20.7. The molecule has 1 aromatic rings. The molecule has 1 aromatic carbocycles. The van der Waals surface area contributed by atoms with E-state index in [0.29, 0.717) is 51.2 Å². The van der Waals surface area contributed by atoms with E-state index in [1.165, 1.54) is 6.92 Å². The monoisotopic (exact) mass is 642 g/mol. The zero-order valence-corrected chi connectivity index (χ0v) is 26.9. The number of carbonyl (C=O) groups excluding carboxylic acids is 2. The van der Waals surface area contributed by atoms with Crippen molar-refractivity contribution in [3.8, 4) is 0 Å². The van der Waals surface area contributed by atoms with E-state index in [9.17, 15) is 31.2 Å². The molecule has 246 valence electrons. The number of benzene rings is 1. The van der Waals surface area contributed by atoms with Crippen LogP contribution in [0, 0.1) is 25.7 Å². The van der Waals surface area contributed by atoms with Crippen LogP contribution in [0.3, 0.4) is 0 Å². The number of hydrogen-bond donors (Lipinski definition) is 2. The van der Waals surface area contributed by atoms with Crippen LogP contribution in [0.1, 0.15) is 68.6 Å². The third-order valence-electron chi connectivity index (χ3n) is 9.53. The molecule has 1 saturated carbocycles. The number of rotatable bonds is 11. The number of carbonyl (C=O) groups is 2. The lowest BCUT2D eigenvalue weighted by Gasteiger charge is -2.36. The summed E-state index contributed by atoms with van der Waals surface area (Å²) in [5.74, 6) is -0.305. The van der Waals surface area contributed by atoms with E-state index < -0.39 is 39.1 Å². The number of sulfone groups is 1. The highest BCUT2D eigenvalue weighted by Gasteiger charge is 2.56. The fourth-order valence-corrected chi connectivity index (χ4v) is 9.03. The van der Waals surface area contributed by atoms with E-state index in [0.717, 1.165) is 22.4 Å². The second-order valence-electron chi connectivity index (χ2n) is 12.5. The number of nitrogens with one attached hydrogen (secondary N) is 2. The van der Waals surface area contributed by atoms with Crippen LogP contribution in [0.15, 0.2) is 17.1 Å². The zero-order chi connectivity index (χ0) is 32.3. The number of hydrogen-bond acceptors (Lipinski definition) is 7. The van der Waals surface area contributed by atoms with E-state index in [2.05, 4.69) is 10.6 Å². The van der Waals surface area contributed by atoms with Crippen molar-refractivity contribution >= 4 is 33.2 Å². The molecule has 0 aromatic heterocycles. The number of halogens is 3. The third-order valence-corrected chi connectivity index (χ3v) is 11.7. The fraction of sp³-hybridized carbons (Fsp3) is 0.710. The van der Waals surface area contributed by atoms with Gasteiger partial charge in [0, 0.05) is 45.1 Å². The summed E-state index contributed by atoms with van der Waals surface area (Å²) < 4.78 is 71.0. The molecule has 1 aliphatic carbocycles. The molecule has 2 N–H and O–H groups in total. The molecule has 0 bridgehead atoms. The summed E-state index contributed by atoms with van der Waals surface area (Å²) in [5, 5.41) is 4.99. The topological polar surface area (TPSA) is 117 Å². The second-order valence-corrected chi connectivity index (χ2v) is 14.8. The molecule has 2 amide bonds. The normalized spacial score (nSPS) is 26.0. The molecular formula is C31H45F3N4O5S. The van der Waals surface area contributed by atoms with Gasteiger partial charge in [-0.25, -0.2) is 8.42 Å². The molecule has 2 atom stereocenters. The van der Waals surface area contributed by atoms with Gasteiger partial charge in [-0.1, -0.05) is 0 Å². The lowest BCUT2D eigenvalue weighted by molar-refractivity contribution is -0.138. The number of nitrogens with zero attached hydrogens (tertiary/aromatic N) is 2. The minimum absolute atomic E-state index is 0.0107. The molecule has 2 aliphatic heterocycles. The third kappa shape index (κ3) is 7.82. The molecule has 0 radical (unpaired) electrons. The van der Waals surface area contributed by atoms with Crippen molar-refractivity contribution in [2.24, 2.45) is 16.8 Å². The molecule has 1 spiro atoms. The van der Waals surface area contributed by atoms with E-state index in [1.54, 1.807) is 12.0 Å². The van der Waals surface area contributed by atoms with Crippen molar-refractivity contribution in [1.29, 1.82) is 0 Å². The summed E-state index contributed by atoms with van der Waals surface area (Å²) in [6.45, 7) is 6.64. The lowest BCUT2D eigenvalue weighted by atomic mass is 9.79. The first kappa shape index (κ1) is 34.4. The second kappa shape index (κ2) is 13.9. The average molecular weight is 643 g/mol.